The van der Waals surface area contributed by atoms with Crippen LogP contribution in [0.15, 0.2) is 14.7 Å². The van der Waals surface area contributed by atoms with Gasteiger partial charge in [0.15, 0.2) is 0 Å². The Morgan fingerprint density at radius 3 is 2.67 bits per heavy atom. The number of rotatable bonds is 2. The van der Waals surface area contributed by atoms with E-state index < -0.39 is 10.0 Å². The van der Waals surface area contributed by atoms with E-state index >= 15 is 0 Å². The molecule has 0 amide bonds. The number of halogens is 2. The molecule has 0 aromatic carbocycles. The summed E-state index contributed by atoms with van der Waals surface area (Å²) in [6.07, 6.45) is 0.902. The predicted octanol–water partition coefficient (Wildman–Crippen LogP) is 3.61. The van der Waals surface area contributed by atoms with Crippen LogP contribution in [-0.4, -0.2) is 30.6 Å². The molecule has 0 N–H and O–H groups in total. The van der Waals surface area contributed by atoms with Crippen LogP contribution < -0.4 is 0 Å². The molecule has 2 unspecified atom stereocenters. The number of aryl methyl sites for hydroxylation is 1. The molecule has 1 aromatic heterocycles. The molecule has 1 saturated heterocycles. The van der Waals surface area contributed by atoms with Crippen molar-refractivity contribution in [2.45, 2.75) is 30.0 Å². The fourth-order valence-corrected chi connectivity index (χ4v) is 6.71. The third kappa shape index (κ3) is 2.85. The molecule has 1 aliphatic heterocycles. The van der Waals surface area contributed by atoms with Gasteiger partial charge in [-0.1, -0.05) is 22.9 Å². The Morgan fingerprint density at radius 2 is 2.17 bits per heavy atom. The molecular formula is C11H15Br2NO2S2. The Kier molecular flexibility index (Phi) is 4.59. The number of alkyl halides is 1. The molecule has 2 atom stereocenters. The molecule has 2 rings (SSSR count). The first-order chi connectivity index (χ1) is 8.32. The summed E-state index contributed by atoms with van der Waals surface area (Å²) in [4.78, 5) is 1.52. The smallest absolute Gasteiger partial charge is 0.207 e. The van der Waals surface area contributed by atoms with E-state index in [4.69, 9.17) is 0 Å². The minimum Gasteiger partial charge on any atom is -0.207 e. The van der Waals surface area contributed by atoms with Crippen LogP contribution in [0.1, 0.15) is 18.2 Å². The standard InChI is InChI=1S/C11H15Br2NO2S2/c1-7-3-4-14(6-9(7)12)18(15,16)10-5-11(13)17-8(10)2/h5,7,9H,3-4,6H2,1-2H3. The molecule has 0 saturated carbocycles. The molecule has 0 spiro atoms. The van der Waals surface area contributed by atoms with Crippen molar-refractivity contribution in [3.63, 3.8) is 0 Å². The molecule has 102 valence electrons. The normalized spacial score (nSPS) is 26.4. The topological polar surface area (TPSA) is 37.4 Å². The molecule has 3 nitrogen and oxygen atoms in total. The summed E-state index contributed by atoms with van der Waals surface area (Å²) in [5, 5.41) is 0. The van der Waals surface area contributed by atoms with E-state index in [1.807, 2.05) is 6.92 Å². The van der Waals surface area contributed by atoms with Gasteiger partial charge >= 0.3 is 0 Å². The van der Waals surface area contributed by atoms with Crippen LogP contribution in [0.25, 0.3) is 0 Å². The fourth-order valence-electron chi connectivity index (χ4n) is 2.04. The van der Waals surface area contributed by atoms with Gasteiger partial charge in [-0.15, -0.1) is 11.3 Å². The van der Waals surface area contributed by atoms with Crippen molar-refractivity contribution in [2.75, 3.05) is 13.1 Å². The molecule has 2 heterocycles. The van der Waals surface area contributed by atoms with Crippen LogP contribution in [-0.2, 0) is 10.0 Å². The van der Waals surface area contributed by atoms with Gasteiger partial charge in [0, 0.05) is 22.8 Å². The van der Waals surface area contributed by atoms with E-state index in [1.54, 1.807) is 10.4 Å². The molecule has 0 aliphatic carbocycles. The summed E-state index contributed by atoms with van der Waals surface area (Å²) in [5.74, 6) is 0.520. The van der Waals surface area contributed by atoms with Crippen molar-refractivity contribution in [3.05, 3.63) is 14.7 Å². The van der Waals surface area contributed by atoms with Crippen LogP contribution in [0.4, 0.5) is 0 Å². The van der Waals surface area contributed by atoms with Crippen LogP contribution in [0, 0.1) is 12.8 Å². The zero-order valence-corrected chi connectivity index (χ0v) is 15.0. The second-order valence-corrected chi connectivity index (χ2v) is 10.3. The number of sulfonamides is 1. The van der Waals surface area contributed by atoms with Gasteiger partial charge in [-0.2, -0.15) is 4.31 Å². The van der Waals surface area contributed by atoms with Gasteiger partial charge in [0.2, 0.25) is 10.0 Å². The Bertz CT molecular complexity index is 541. The van der Waals surface area contributed by atoms with Crippen molar-refractivity contribution >= 4 is 53.2 Å². The Balaban J connectivity index is 2.29. The predicted molar refractivity (Wildman–Crippen MR) is 82.0 cm³/mol. The summed E-state index contributed by atoms with van der Waals surface area (Å²) >= 11 is 8.38. The second-order valence-electron chi connectivity index (χ2n) is 4.62. The highest BCUT2D eigenvalue weighted by molar-refractivity contribution is 9.11. The number of hydrogen-bond donors (Lipinski definition) is 0. The minimum absolute atomic E-state index is 0.239. The molecule has 0 bridgehead atoms. The van der Waals surface area contributed by atoms with Crippen molar-refractivity contribution in [3.8, 4) is 0 Å². The zero-order valence-electron chi connectivity index (χ0n) is 10.2. The summed E-state index contributed by atoms with van der Waals surface area (Å²) in [5.41, 5.74) is 0. The first-order valence-electron chi connectivity index (χ1n) is 5.72. The number of piperidine rings is 1. The highest BCUT2D eigenvalue weighted by atomic mass is 79.9. The highest BCUT2D eigenvalue weighted by Crippen LogP contribution is 2.34. The van der Waals surface area contributed by atoms with Crippen LogP contribution in [0.5, 0.6) is 0 Å². The second kappa shape index (κ2) is 5.52. The van der Waals surface area contributed by atoms with Crippen LogP contribution in [0.2, 0.25) is 0 Å². The van der Waals surface area contributed by atoms with Gasteiger partial charge < -0.3 is 0 Å². The number of nitrogens with zero attached hydrogens (tertiary/aromatic N) is 1. The third-order valence-electron chi connectivity index (χ3n) is 3.29. The molecule has 1 fully saturated rings. The van der Waals surface area contributed by atoms with E-state index in [0.717, 1.165) is 15.1 Å². The Hall–Kier alpha value is 0.570. The maximum atomic E-state index is 12.6. The summed E-state index contributed by atoms with van der Waals surface area (Å²) in [6.45, 7) is 5.16. The summed E-state index contributed by atoms with van der Waals surface area (Å²) < 4.78 is 27.6. The number of thiophene rings is 1. The average molecular weight is 417 g/mol. The lowest BCUT2D eigenvalue weighted by molar-refractivity contribution is 0.300. The fraction of sp³-hybridized carbons (Fsp3) is 0.636. The van der Waals surface area contributed by atoms with E-state index in [1.165, 1.54) is 11.3 Å². The van der Waals surface area contributed by atoms with Crippen molar-refractivity contribution < 1.29 is 8.42 Å². The molecular weight excluding hydrogens is 402 g/mol. The van der Waals surface area contributed by atoms with Crippen LogP contribution in [0.3, 0.4) is 0 Å². The molecule has 1 aliphatic rings. The molecule has 18 heavy (non-hydrogen) atoms. The Labute approximate surface area is 129 Å². The van der Waals surface area contributed by atoms with Crippen molar-refractivity contribution in [2.24, 2.45) is 5.92 Å². The lowest BCUT2D eigenvalue weighted by atomic mass is 10.0. The van der Waals surface area contributed by atoms with Gasteiger partial charge in [-0.05, 0) is 41.3 Å². The first-order valence-corrected chi connectivity index (χ1v) is 9.69. The number of hydrogen-bond acceptors (Lipinski definition) is 3. The first kappa shape index (κ1) is 15.0. The van der Waals surface area contributed by atoms with Crippen LogP contribution >= 0.6 is 43.2 Å². The average Bonchev–Trinajstić information content (AvgIpc) is 2.62. The third-order valence-corrected chi connectivity index (χ3v) is 8.16. The van der Waals surface area contributed by atoms with Gasteiger partial charge in [0.1, 0.15) is 0 Å². The van der Waals surface area contributed by atoms with E-state index in [2.05, 4.69) is 38.8 Å². The zero-order chi connectivity index (χ0) is 13.5. The highest BCUT2D eigenvalue weighted by Gasteiger charge is 2.33. The lowest BCUT2D eigenvalue weighted by Gasteiger charge is -2.33. The van der Waals surface area contributed by atoms with Gasteiger partial charge in [-0.25, -0.2) is 8.42 Å². The Morgan fingerprint density at radius 1 is 1.50 bits per heavy atom. The van der Waals surface area contributed by atoms with E-state index in [0.29, 0.717) is 23.9 Å². The van der Waals surface area contributed by atoms with E-state index in [9.17, 15) is 8.42 Å². The van der Waals surface area contributed by atoms with Crippen molar-refractivity contribution in [1.29, 1.82) is 0 Å². The molecule has 1 aromatic rings. The SMILES string of the molecule is Cc1sc(Br)cc1S(=O)(=O)N1CCC(C)C(Br)C1. The quantitative estimate of drug-likeness (QED) is 0.690. The molecule has 7 heteroatoms. The lowest BCUT2D eigenvalue weighted by Crippen LogP contribution is -2.43. The van der Waals surface area contributed by atoms with E-state index in [-0.39, 0.29) is 4.83 Å². The van der Waals surface area contributed by atoms with Crippen molar-refractivity contribution in [1.82, 2.24) is 4.31 Å². The largest absolute Gasteiger partial charge is 0.244 e. The maximum Gasteiger partial charge on any atom is 0.244 e. The monoisotopic (exact) mass is 415 g/mol. The summed E-state index contributed by atoms with van der Waals surface area (Å²) in [7, 11) is -3.34. The van der Waals surface area contributed by atoms with Gasteiger partial charge in [0.25, 0.3) is 0 Å². The van der Waals surface area contributed by atoms with Gasteiger partial charge in [-0.3, -0.25) is 0 Å². The summed E-state index contributed by atoms with van der Waals surface area (Å²) in [6, 6.07) is 1.70. The van der Waals surface area contributed by atoms with Gasteiger partial charge in [0.05, 0.1) is 8.68 Å². The minimum atomic E-state index is -3.34. The molecule has 0 radical (unpaired) electrons. The maximum absolute atomic E-state index is 12.6.